The molecule has 0 fully saturated rings. The summed E-state index contributed by atoms with van der Waals surface area (Å²) in [5.41, 5.74) is 0.460. The summed E-state index contributed by atoms with van der Waals surface area (Å²) in [5.74, 6) is -0.387. The van der Waals surface area contributed by atoms with Crippen LogP contribution in [0.4, 0.5) is 0 Å². The van der Waals surface area contributed by atoms with E-state index in [2.05, 4.69) is 9.72 Å². The van der Waals surface area contributed by atoms with Crippen LogP contribution in [0.5, 0.6) is 0 Å². The van der Waals surface area contributed by atoms with Gasteiger partial charge in [-0.05, 0) is 11.4 Å². The first-order valence-electron chi connectivity index (χ1n) is 3.84. The lowest BCUT2D eigenvalue weighted by atomic mass is 10.2. The van der Waals surface area contributed by atoms with E-state index < -0.39 is 0 Å². The number of aromatic nitrogens is 1. The molecule has 0 aliphatic carbocycles. The van der Waals surface area contributed by atoms with Crippen LogP contribution in [0.1, 0.15) is 10.4 Å². The van der Waals surface area contributed by atoms with Crippen LogP contribution in [-0.4, -0.2) is 18.1 Å². The number of rotatable bonds is 1. The van der Waals surface area contributed by atoms with Gasteiger partial charge in [-0.3, -0.25) is 0 Å². The van der Waals surface area contributed by atoms with E-state index in [0.29, 0.717) is 10.7 Å². The topological polar surface area (TPSA) is 39.2 Å². The smallest absolute Gasteiger partial charge is 0.340 e. The van der Waals surface area contributed by atoms with Crippen molar-refractivity contribution in [3.8, 4) is 0 Å². The SMILES string of the molecule is COC(=O)c1cnc(Cl)c2ccsc12. The van der Waals surface area contributed by atoms with E-state index in [4.69, 9.17) is 11.6 Å². The van der Waals surface area contributed by atoms with Crippen LogP contribution in [-0.2, 0) is 4.74 Å². The number of esters is 1. The van der Waals surface area contributed by atoms with Crippen molar-refractivity contribution in [1.29, 1.82) is 0 Å². The van der Waals surface area contributed by atoms with Gasteiger partial charge in [-0.2, -0.15) is 0 Å². The molecule has 2 rings (SSSR count). The van der Waals surface area contributed by atoms with E-state index in [1.165, 1.54) is 24.6 Å². The van der Waals surface area contributed by atoms with E-state index in [0.717, 1.165) is 10.1 Å². The van der Waals surface area contributed by atoms with Crippen LogP contribution in [0, 0.1) is 0 Å². The summed E-state index contributed by atoms with van der Waals surface area (Å²) in [5, 5.41) is 3.07. The third-order valence-corrected chi connectivity index (χ3v) is 3.09. The van der Waals surface area contributed by atoms with Crippen molar-refractivity contribution in [2.24, 2.45) is 0 Å². The van der Waals surface area contributed by atoms with Gasteiger partial charge in [0.05, 0.1) is 17.4 Å². The zero-order valence-corrected chi connectivity index (χ0v) is 8.85. The summed E-state index contributed by atoms with van der Waals surface area (Å²) in [7, 11) is 1.34. The van der Waals surface area contributed by atoms with E-state index in [-0.39, 0.29) is 5.97 Å². The fourth-order valence-corrected chi connectivity index (χ4v) is 2.34. The molecule has 0 aliphatic rings. The minimum Gasteiger partial charge on any atom is -0.465 e. The number of fused-ring (bicyclic) bond motifs is 1. The lowest BCUT2D eigenvalue weighted by molar-refractivity contribution is 0.0603. The Balaban J connectivity index is 2.72. The molecule has 14 heavy (non-hydrogen) atoms. The zero-order chi connectivity index (χ0) is 10.1. The average Bonchev–Trinajstić information content (AvgIpc) is 2.67. The Morgan fingerprint density at radius 1 is 1.64 bits per heavy atom. The van der Waals surface area contributed by atoms with Gasteiger partial charge in [0.1, 0.15) is 5.15 Å². The van der Waals surface area contributed by atoms with Gasteiger partial charge >= 0.3 is 5.97 Å². The minimum absolute atomic E-state index is 0.387. The number of thiophene rings is 1. The first kappa shape index (κ1) is 9.43. The highest BCUT2D eigenvalue weighted by Gasteiger charge is 2.13. The molecule has 5 heteroatoms. The maximum absolute atomic E-state index is 11.3. The molecule has 2 aromatic heterocycles. The second-order valence-corrected chi connectivity index (χ2v) is 3.89. The monoisotopic (exact) mass is 227 g/mol. The van der Waals surface area contributed by atoms with Crippen molar-refractivity contribution in [3.63, 3.8) is 0 Å². The predicted octanol–water partition coefficient (Wildman–Crippen LogP) is 2.74. The highest BCUT2D eigenvalue weighted by Crippen LogP contribution is 2.29. The number of hydrogen-bond acceptors (Lipinski definition) is 4. The summed E-state index contributed by atoms with van der Waals surface area (Å²) in [6, 6.07) is 1.84. The average molecular weight is 228 g/mol. The normalized spacial score (nSPS) is 10.4. The van der Waals surface area contributed by atoms with Crippen molar-refractivity contribution < 1.29 is 9.53 Å². The van der Waals surface area contributed by atoms with E-state index in [1.54, 1.807) is 0 Å². The van der Waals surface area contributed by atoms with Crippen LogP contribution >= 0.6 is 22.9 Å². The van der Waals surface area contributed by atoms with Crippen molar-refractivity contribution in [2.45, 2.75) is 0 Å². The van der Waals surface area contributed by atoms with E-state index in [1.807, 2.05) is 11.4 Å². The standard InChI is InChI=1S/C9H6ClNO2S/c1-13-9(12)6-4-11-8(10)5-2-3-14-7(5)6/h2-4H,1H3. The first-order chi connectivity index (χ1) is 6.74. The van der Waals surface area contributed by atoms with Gasteiger partial charge < -0.3 is 4.74 Å². The second kappa shape index (κ2) is 3.55. The van der Waals surface area contributed by atoms with Crippen molar-refractivity contribution in [1.82, 2.24) is 4.98 Å². The third kappa shape index (κ3) is 1.36. The van der Waals surface area contributed by atoms with E-state index in [9.17, 15) is 4.79 Å². The van der Waals surface area contributed by atoms with Crippen LogP contribution < -0.4 is 0 Å². The molecule has 2 aromatic rings. The largest absolute Gasteiger partial charge is 0.465 e. The number of hydrogen-bond donors (Lipinski definition) is 0. The summed E-state index contributed by atoms with van der Waals surface area (Å²) >= 11 is 7.31. The summed E-state index contributed by atoms with van der Waals surface area (Å²) in [6.07, 6.45) is 1.44. The van der Waals surface area contributed by atoms with Crippen LogP contribution in [0.3, 0.4) is 0 Å². The second-order valence-electron chi connectivity index (χ2n) is 2.62. The van der Waals surface area contributed by atoms with Crippen molar-refractivity contribution >= 4 is 39.0 Å². The lowest BCUT2D eigenvalue weighted by Gasteiger charge is -2.00. The molecule has 0 saturated heterocycles. The van der Waals surface area contributed by atoms with Gasteiger partial charge in [0.25, 0.3) is 0 Å². The fourth-order valence-electron chi connectivity index (χ4n) is 1.19. The molecule has 0 aromatic carbocycles. The number of nitrogens with zero attached hydrogens (tertiary/aromatic N) is 1. The Bertz CT molecular complexity index is 495. The number of pyridine rings is 1. The number of carbonyl (C=O) groups is 1. The van der Waals surface area contributed by atoms with Gasteiger partial charge in [0.2, 0.25) is 0 Å². The molecule has 0 bridgehead atoms. The van der Waals surface area contributed by atoms with Crippen LogP contribution in [0.15, 0.2) is 17.6 Å². The summed E-state index contributed by atoms with van der Waals surface area (Å²) in [4.78, 5) is 15.3. The highest BCUT2D eigenvalue weighted by molar-refractivity contribution is 7.17. The molecule has 2 heterocycles. The van der Waals surface area contributed by atoms with Gasteiger partial charge in [-0.25, -0.2) is 9.78 Å². The number of methoxy groups -OCH3 is 1. The Morgan fingerprint density at radius 2 is 2.43 bits per heavy atom. The Hall–Kier alpha value is -1.13. The predicted molar refractivity (Wildman–Crippen MR) is 56.0 cm³/mol. The lowest BCUT2D eigenvalue weighted by Crippen LogP contribution is -2.01. The van der Waals surface area contributed by atoms with E-state index >= 15 is 0 Å². The quantitative estimate of drug-likeness (QED) is 0.556. The zero-order valence-electron chi connectivity index (χ0n) is 7.28. The number of halogens is 1. The first-order valence-corrected chi connectivity index (χ1v) is 5.10. The maximum Gasteiger partial charge on any atom is 0.340 e. The fraction of sp³-hybridized carbons (Fsp3) is 0.111. The van der Waals surface area contributed by atoms with Gasteiger partial charge in [0.15, 0.2) is 0 Å². The molecule has 3 nitrogen and oxygen atoms in total. The van der Waals surface area contributed by atoms with Gasteiger partial charge in [-0.15, -0.1) is 11.3 Å². The molecule has 0 aliphatic heterocycles. The Labute approximate surface area is 89.3 Å². The molecule has 0 radical (unpaired) electrons. The maximum atomic E-state index is 11.3. The molecule has 0 amide bonds. The molecular formula is C9H6ClNO2S. The molecule has 0 N–H and O–H groups in total. The molecule has 0 spiro atoms. The Kier molecular flexibility index (Phi) is 2.39. The Morgan fingerprint density at radius 3 is 3.14 bits per heavy atom. The minimum atomic E-state index is -0.387. The summed E-state index contributed by atoms with van der Waals surface area (Å²) in [6.45, 7) is 0. The molecule has 0 saturated carbocycles. The van der Waals surface area contributed by atoms with Crippen molar-refractivity contribution in [2.75, 3.05) is 7.11 Å². The highest BCUT2D eigenvalue weighted by atomic mass is 35.5. The number of carbonyl (C=O) groups excluding carboxylic acids is 1. The van der Waals surface area contributed by atoms with Crippen LogP contribution in [0.2, 0.25) is 5.15 Å². The molecular weight excluding hydrogens is 222 g/mol. The van der Waals surface area contributed by atoms with Crippen molar-refractivity contribution in [3.05, 3.63) is 28.4 Å². The third-order valence-electron chi connectivity index (χ3n) is 1.84. The molecule has 72 valence electrons. The van der Waals surface area contributed by atoms with Gasteiger partial charge in [0, 0.05) is 11.6 Å². The number of ether oxygens (including phenoxy) is 1. The molecule has 0 unspecified atom stereocenters. The van der Waals surface area contributed by atoms with Gasteiger partial charge in [-0.1, -0.05) is 11.6 Å². The molecule has 0 atom stereocenters. The van der Waals surface area contributed by atoms with Crippen LogP contribution in [0.25, 0.3) is 10.1 Å². The summed E-state index contributed by atoms with van der Waals surface area (Å²) < 4.78 is 5.45.